The zero-order chi connectivity index (χ0) is 15.3. The van der Waals surface area contributed by atoms with Crippen molar-refractivity contribution in [2.75, 3.05) is 26.7 Å². The molecule has 0 atom stereocenters. The van der Waals surface area contributed by atoms with Crippen LogP contribution in [-0.2, 0) is 6.54 Å². The predicted molar refractivity (Wildman–Crippen MR) is 88.8 cm³/mol. The third-order valence-electron chi connectivity index (χ3n) is 4.40. The van der Waals surface area contributed by atoms with Crippen LogP contribution in [0.4, 0.5) is 0 Å². The zero-order valence-corrected chi connectivity index (χ0v) is 14.0. The van der Waals surface area contributed by atoms with Gasteiger partial charge in [-0.15, -0.1) is 0 Å². The van der Waals surface area contributed by atoms with Crippen LogP contribution in [0.15, 0.2) is 24.3 Å². The summed E-state index contributed by atoms with van der Waals surface area (Å²) in [4.78, 5) is 2.42. The van der Waals surface area contributed by atoms with Crippen LogP contribution >= 0.6 is 0 Å². The fourth-order valence-electron chi connectivity index (χ4n) is 2.85. The van der Waals surface area contributed by atoms with Gasteiger partial charge in [-0.3, -0.25) is 0 Å². The third kappa shape index (κ3) is 5.01. The Morgan fingerprint density at radius 1 is 1.24 bits per heavy atom. The van der Waals surface area contributed by atoms with E-state index < -0.39 is 0 Å². The lowest BCUT2D eigenvalue weighted by Gasteiger charge is -2.38. The molecule has 0 spiro atoms. The first-order chi connectivity index (χ1) is 9.98. The predicted octanol–water partition coefficient (Wildman–Crippen LogP) is 3.30. The third-order valence-corrected chi connectivity index (χ3v) is 4.40. The molecule has 3 heteroatoms. The number of rotatable bonds is 6. The molecule has 1 aromatic carbocycles. The molecule has 3 nitrogen and oxygen atoms in total. The van der Waals surface area contributed by atoms with Crippen LogP contribution in [0, 0.1) is 5.41 Å². The minimum atomic E-state index is 0.220. The van der Waals surface area contributed by atoms with E-state index in [0.29, 0.717) is 5.41 Å². The Balaban J connectivity index is 1.86. The van der Waals surface area contributed by atoms with E-state index >= 15 is 0 Å². The highest BCUT2D eigenvalue weighted by Crippen LogP contribution is 2.29. The van der Waals surface area contributed by atoms with Crippen LogP contribution in [0.1, 0.15) is 39.2 Å². The smallest absolute Gasteiger partial charge is 0.124 e. The fraction of sp³-hybridized carbons (Fsp3) is 0.667. The Hall–Kier alpha value is -1.06. The van der Waals surface area contributed by atoms with Crippen molar-refractivity contribution < 1.29 is 4.74 Å². The fourth-order valence-corrected chi connectivity index (χ4v) is 2.85. The highest BCUT2D eigenvalue weighted by atomic mass is 16.5. The Labute approximate surface area is 129 Å². The van der Waals surface area contributed by atoms with Crippen LogP contribution in [0.25, 0.3) is 0 Å². The normalized spacial score (nSPS) is 18.9. The second-order valence-corrected chi connectivity index (χ2v) is 6.99. The molecule has 0 saturated carbocycles. The molecule has 118 valence electrons. The summed E-state index contributed by atoms with van der Waals surface area (Å²) in [6, 6.07) is 8.34. The van der Waals surface area contributed by atoms with Gasteiger partial charge in [-0.05, 0) is 58.3 Å². The quantitative estimate of drug-likeness (QED) is 0.870. The molecule has 1 saturated heterocycles. The van der Waals surface area contributed by atoms with Crippen LogP contribution in [0.5, 0.6) is 5.75 Å². The maximum absolute atomic E-state index is 5.88. The van der Waals surface area contributed by atoms with Gasteiger partial charge in [0, 0.05) is 18.7 Å². The molecule has 1 aliphatic rings. The molecule has 1 aromatic rings. The van der Waals surface area contributed by atoms with Crippen LogP contribution in [-0.4, -0.2) is 37.7 Å². The molecule has 2 rings (SSSR count). The van der Waals surface area contributed by atoms with E-state index in [1.54, 1.807) is 0 Å². The number of benzene rings is 1. The molecule has 21 heavy (non-hydrogen) atoms. The number of ether oxygens (including phenoxy) is 1. The minimum absolute atomic E-state index is 0.220. The highest BCUT2D eigenvalue weighted by molar-refractivity contribution is 5.33. The molecular weight excluding hydrogens is 260 g/mol. The number of likely N-dealkylation sites (tertiary alicyclic amines) is 1. The lowest BCUT2D eigenvalue weighted by Crippen LogP contribution is -2.41. The largest absolute Gasteiger partial charge is 0.491 e. The van der Waals surface area contributed by atoms with Crippen molar-refractivity contribution in [2.24, 2.45) is 5.41 Å². The molecule has 1 fully saturated rings. The Morgan fingerprint density at radius 3 is 2.57 bits per heavy atom. The maximum Gasteiger partial charge on any atom is 0.124 e. The van der Waals surface area contributed by atoms with E-state index in [-0.39, 0.29) is 6.10 Å². The van der Waals surface area contributed by atoms with Crippen molar-refractivity contribution in [3.8, 4) is 5.75 Å². The van der Waals surface area contributed by atoms with E-state index in [4.69, 9.17) is 4.74 Å². The summed E-state index contributed by atoms with van der Waals surface area (Å²) < 4.78 is 5.88. The van der Waals surface area contributed by atoms with Gasteiger partial charge in [0.1, 0.15) is 5.75 Å². The molecule has 0 radical (unpaired) electrons. The maximum atomic E-state index is 5.88. The van der Waals surface area contributed by atoms with Gasteiger partial charge in [-0.2, -0.15) is 0 Å². The molecule has 1 aliphatic heterocycles. The minimum Gasteiger partial charge on any atom is -0.491 e. The van der Waals surface area contributed by atoms with Gasteiger partial charge >= 0.3 is 0 Å². The Kier molecular flexibility index (Phi) is 5.65. The molecule has 0 unspecified atom stereocenters. The first-order valence-electron chi connectivity index (χ1n) is 8.12. The lowest BCUT2D eigenvalue weighted by molar-refractivity contribution is 0.136. The van der Waals surface area contributed by atoms with Gasteiger partial charge in [0.2, 0.25) is 0 Å². The van der Waals surface area contributed by atoms with E-state index in [1.807, 2.05) is 6.07 Å². The van der Waals surface area contributed by atoms with Crippen molar-refractivity contribution in [3.63, 3.8) is 0 Å². The van der Waals surface area contributed by atoms with Gasteiger partial charge in [0.05, 0.1) is 6.10 Å². The lowest BCUT2D eigenvalue weighted by atomic mass is 9.80. The van der Waals surface area contributed by atoms with Gasteiger partial charge in [0.15, 0.2) is 0 Å². The first-order valence-corrected chi connectivity index (χ1v) is 8.12. The standard InChI is InChI=1S/C18H30N2O/c1-15(2)21-17-8-6-5-7-16(17)13-19-14-18(3)9-11-20(4)12-10-18/h5-8,15,19H,9-14H2,1-4H3. The van der Waals surface area contributed by atoms with Crippen molar-refractivity contribution in [1.29, 1.82) is 0 Å². The van der Waals surface area contributed by atoms with E-state index in [1.165, 1.54) is 31.5 Å². The van der Waals surface area contributed by atoms with Gasteiger partial charge in [-0.1, -0.05) is 25.1 Å². The number of piperidine rings is 1. The van der Waals surface area contributed by atoms with E-state index in [9.17, 15) is 0 Å². The topological polar surface area (TPSA) is 24.5 Å². The summed E-state index contributed by atoms with van der Waals surface area (Å²) in [5, 5.41) is 3.64. The molecule has 0 amide bonds. The van der Waals surface area contributed by atoms with Crippen LogP contribution < -0.4 is 10.1 Å². The SMILES string of the molecule is CC(C)Oc1ccccc1CNCC1(C)CCN(C)CC1. The van der Waals surface area contributed by atoms with Crippen LogP contribution in [0.3, 0.4) is 0 Å². The second kappa shape index (κ2) is 7.28. The molecule has 1 heterocycles. The van der Waals surface area contributed by atoms with Crippen molar-refractivity contribution in [2.45, 2.75) is 46.3 Å². The number of nitrogens with zero attached hydrogens (tertiary/aromatic N) is 1. The number of para-hydroxylation sites is 1. The summed E-state index contributed by atoms with van der Waals surface area (Å²) in [5.41, 5.74) is 1.68. The van der Waals surface area contributed by atoms with Crippen molar-refractivity contribution in [1.82, 2.24) is 10.2 Å². The Morgan fingerprint density at radius 2 is 1.90 bits per heavy atom. The van der Waals surface area contributed by atoms with Crippen LogP contribution in [0.2, 0.25) is 0 Å². The molecule has 0 aromatic heterocycles. The molecule has 1 N–H and O–H groups in total. The molecular formula is C18H30N2O. The average molecular weight is 290 g/mol. The molecule has 0 aliphatic carbocycles. The average Bonchev–Trinajstić information content (AvgIpc) is 2.44. The Bertz CT molecular complexity index is 437. The molecule has 0 bridgehead atoms. The van der Waals surface area contributed by atoms with E-state index in [2.05, 4.69) is 56.2 Å². The number of hydrogen-bond acceptors (Lipinski definition) is 3. The summed E-state index contributed by atoms with van der Waals surface area (Å²) in [7, 11) is 2.21. The summed E-state index contributed by atoms with van der Waals surface area (Å²) in [6.45, 7) is 10.9. The van der Waals surface area contributed by atoms with Crippen molar-refractivity contribution >= 4 is 0 Å². The second-order valence-electron chi connectivity index (χ2n) is 6.99. The van der Waals surface area contributed by atoms with Gasteiger partial charge in [0.25, 0.3) is 0 Å². The summed E-state index contributed by atoms with van der Waals surface area (Å²) in [5.74, 6) is 1.01. The van der Waals surface area contributed by atoms with Crippen molar-refractivity contribution in [3.05, 3.63) is 29.8 Å². The highest BCUT2D eigenvalue weighted by Gasteiger charge is 2.28. The number of hydrogen-bond donors (Lipinski definition) is 1. The van der Waals surface area contributed by atoms with E-state index in [0.717, 1.165) is 18.8 Å². The zero-order valence-electron chi connectivity index (χ0n) is 14.0. The summed E-state index contributed by atoms with van der Waals surface area (Å²) >= 11 is 0. The van der Waals surface area contributed by atoms with Gasteiger partial charge < -0.3 is 15.0 Å². The first kappa shape index (κ1) is 16.3. The number of nitrogens with one attached hydrogen (secondary N) is 1. The summed E-state index contributed by atoms with van der Waals surface area (Å²) in [6.07, 6.45) is 2.78. The van der Waals surface area contributed by atoms with Gasteiger partial charge in [-0.25, -0.2) is 0 Å². The monoisotopic (exact) mass is 290 g/mol.